The van der Waals surface area contributed by atoms with E-state index in [-0.39, 0.29) is 24.5 Å². The van der Waals surface area contributed by atoms with Crippen molar-refractivity contribution in [2.45, 2.75) is 18.3 Å². The highest BCUT2D eigenvalue weighted by molar-refractivity contribution is 6.30. The van der Waals surface area contributed by atoms with Crippen LogP contribution in [0.5, 0.6) is 0 Å². The molecule has 3 rings (SSSR count). The van der Waals surface area contributed by atoms with Gasteiger partial charge in [0, 0.05) is 35.9 Å². The molecule has 0 bridgehead atoms. The molecule has 1 aliphatic carbocycles. The van der Waals surface area contributed by atoms with Crippen LogP contribution < -0.4 is 5.32 Å². The second-order valence-electron chi connectivity index (χ2n) is 5.17. The summed E-state index contributed by atoms with van der Waals surface area (Å²) in [4.78, 5) is 28.1. The summed E-state index contributed by atoms with van der Waals surface area (Å²) in [6, 6.07) is 10.6. The lowest BCUT2D eigenvalue weighted by Crippen LogP contribution is -2.51. The van der Waals surface area contributed by atoms with Gasteiger partial charge in [-0.15, -0.1) is 0 Å². The molecule has 0 saturated heterocycles. The van der Waals surface area contributed by atoms with Gasteiger partial charge in [-0.1, -0.05) is 23.7 Å². The Kier molecular flexibility index (Phi) is 3.47. The minimum Gasteiger partial charge on any atom is -0.325 e. The number of ketones is 1. The molecule has 0 aliphatic heterocycles. The number of hydrogen-bond acceptors (Lipinski definition) is 3. The fourth-order valence-corrected chi connectivity index (χ4v) is 2.78. The summed E-state index contributed by atoms with van der Waals surface area (Å²) in [5, 5.41) is 3.41. The van der Waals surface area contributed by atoms with Crippen LogP contribution in [0.15, 0.2) is 48.8 Å². The Balaban J connectivity index is 1.91. The van der Waals surface area contributed by atoms with Crippen molar-refractivity contribution in [1.82, 2.24) is 4.98 Å². The van der Waals surface area contributed by atoms with E-state index in [1.54, 1.807) is 42.7 Å². The van der Waals surface area contributed by atoms with Gasteiger partial charge in [-0.2, -0.15) is 0 Å². The van der Waals surface area contributed by atoms with Gasteiger partial charge in [-0.3, -0.25) is 14.6 Å². The van der Waals surface area contributed by atoms with Crippen LogP contribution in [-0.4, -0.2) is 16.7 Å². The number of anilines is 1. The number of Topliss-reactive ketones (excluding diaryl/α,β-unsaturated/α-hetero) is 1. The molecule has 0 atom stereocenters. The van der Waals surface area contributed by atoms with Crippen LogP contribution >= 0.6 is 11.6 Å². The number of amides is 1. The molecular formula is C16H13ClN2O2. The predicted octanol–water partition coefficient (Wildman–Crippen LogP) is 2.97. The molecule has 1 fully saturated rings. The monoisotopic (exact) mass is 300 g/mol. The van der Waals surface area contributed by atoms with Crippen molar-refractivity contribution in [3.8, 4) is 0 Å². The summed E-state index contributed by atoms with van der Waals surface area (Å²) in [6.45, 7) is 0. The van der Waals surface area contributed by atoms with Crippen LogP contribution in [0.3, 0.4) is 0 Å². The summed E-state index contributed by atoms with van der Waals surface area (Å²) in [5.74, 6) is -0.101. The zero-order chi connectivity index (χ0) is 14.9. The van der Waals surface area contributed by atoms with Crippen LogP contribution in [0.1, 0.15) is 18.4 Å². The Hall–Kier alpha value is -2.20. The zero-order valence-corrected chi connectivity index (χ0v) is 11.9. The molecule has 1 N–H and O–H groups in total. The van der Waals surface area contributed by atoms with E-state index in [0.29, 0.717) is 10.7 Å². The van der Waals surface area contributed by atoms with E-state index in [4.69, 9.17) is 11.6 Å². The highest BCUT2D eigenvalue weighted by atomic mass is 35.5. The predicted molar refractivity (Wildman–Crippen MR) is 80.2 cm³/mol. The molecule has 0 unspecified atom stereocenters. The summed E-state index contributed by atoms with van der Waals surface area (Å²) >= 11 is 6.01. The summed E-state index contributed by atoms with van der Waals surface area (Å²) in [7, 11) is 0. The molecule has 1 aliphatic rings. The summed E-state index contributed by atoms with van der Waals surface area (Å²) < 4.78 is 0. The van der Waals surface area contributed by atoms with Crippen LogP contribution in [0, 0.1) is 0 Å². The average Bonchev–Trinajstić information content (AvgIpc) is 2.44. The maximum atomic E-state index is 12.6. The maximum Gasteiger partial charge on any atom is 0.235 e. The number of nitrogens with one attached hydrogen (secondary N) is 1. The maximum absolute atomic E-state index is 12.6. The number of carbonyl (C=O) groups is 2. The van der Waals surface area contributed by atoms with E-state index in [0.717, 1.165) is 5.56 Å². The van der Waals surface area contributed by atoms with Crippen molar-refractivity contribution in [3.05, 3.63) is 59.4 Å². The molecule has 4 nitrogen and oxygen atoms in total. The SMILES string of the molecule is O=C1CC(C(=O)Nc2ccncc2)(c2cccc(Cl)c2)C1. The molecule has 1 saturated carbocycles. The van der Waals surface area contributed by atoms with Crippen LogP contribution in [0.2, 0.25) is 5.02 Å². The Labute approximate surface area is 127 Å². The third-order valence-electron chi connectivity index (χ3n) is 3.75. The van der Waals surface area contributed by atoms with Gasteiger partial charge < -0.3 is 5.32 Å². The molecule has 21 heavy (non-hydrogen) atoms. The number of carbonyl (C=O) groups excluding carboxylic acids is 2. The van der Waals surface area contributed by atoms with Gasteiger partial charge in [0.2, 0.25) is 5.91 Å². The lowest BCUT2D eigenvalue weighted by Gasteiger charge is -2.39. The van der Waals surface area contributed by atoms with Crippen molar-refractivity contribution in [2.75, 3.05) is 5.32 Å². The number of pyridine rings is 1. The lowest BCUT2D eigenvalue weighted by atomic mass is 9.63. The van der Waals surface area contributed by atoms with E-state index < -0.39 is 5.41 Å². The van der Waals surface area contributed by atoms with Crippen LogP contribution in [0.25, 0.3) is 0 Å². The third-order valence-corrected chi connectivity index (χ3v) is 3.98. The number of rotatable bonds is 3. The summed E-state index contributed by atoms with van der Waals surface area (Å²) in [5.41, 5.74) is 0.627. The summed E-state index contributed by atoms with van der Waals surface area (Å²) in [6.07, 6.45) is 3.63. The van der Waals surface area contributed by atoms with Crippen molar-refractivity contribution in [3.63, 3.8) is 0 Å². The standard InChI is InChI=1S/C16H13ClN2O2/c17-12-3-1-2-11(8-12)16(9-14(20)10-16)15(21)19-13-4-6-18-7-5-13/h1-8H,9-10H2,(H,18,19,21). The highest BCUT2D eigenvalue weighted by Gasteiger charge is 2.51. The number of benzene rings is 1. The van der Waals surface area contributed by atoms with Gasteiger partial charge in [0.25, 0.3) is 0 Å². The Morgan fingerprint density at radius 1 is 1.19 bits per heavy atom. The fourth-order valence-electron chi connectivity index (χ4n) is 2.59. The van der Waals surface area contributed by atoms with Gasteiger partial charge in [0.15, 0.2) is 0 Å². The van der Waals surface area contributed by atoms with Gasteiger partial charge >= 0.3 is 0 Å². The van der Waals surface area contributed by atoms with E-state index in [9.17, 15) is 9.59 Å². The largest absolute Gasteiger partial charge is 0.325 e. The topological polar surface area (TPSA) is 59.1 Å². The molecule has 106 valence electrons. The first-order chi connectivity index (χ1) is 10.1. The van der Waals surface area contributed by atoms with Crippen LogP contribution in [-0.2, 0) is 15.0 Å². The van der Waals surface area contributed by atoms with E-state index in [2.05, 4.69) is 10.3 Å². The van der Waals surface area contributed by atoms with Gasteiger partial charge in [-0.25, -0.2) is 0 Å². The second kappa shape index (κ2) is 5.30. The molecular weight excluding hydrogens is 288 g/mol. The molecule has 1 amide bonds. The van der Waals surface area contributed by atoms with Gasteiger partial charge in [0.1, 0.15) is 5.78 Å². The first-order valence-corrected chi connectivity index (χ1v) is 6.97. The van der Waals surface area contributed by atoms with Gasteiger partial charge in [-0.05, 0) is 29.8 Å². The normalized spacial score (nSPS) is 16.1. The zero-order valence-electron chi connectivity index (χ0n) is 11.2. The average molecular weight is 301 g/mol. The van der Waals surface area contributed by atoms with Gasteiger partial charge in [0.05, 0.1) is 5.41 Å². The fraction of sp³-hybridized carbons (Fsp3) is 0.188. The first-order valence-electron chi connectivity index (χ1n) is 6.59. The van der Waals surface area contributed by atoms with E-state index in [1.165, 1.54) is 0 Å². The molecule has 1 aromatic heterocycles. The Morgan fingerprint density at radius 3 is 2.52 bits per heavy atom. The second-order valence-corrected chi connectivity index (χ2v) is 5.61. The minimum absolute atomic E-state index is 0.0832. The Morgan fingerprint density at radius 2 is 1.90 bits per heavy atom. The van der Waals surface area contributed by atoms with Crippen molar-refractivity contribution in [2.24, 2.45) is 0 Å². The molecule has 1 heterocycles. The van der Waals surface area contributed by atoms with Crippen molar-refractivity contribution < 1.29 is 9.59 Å². The van der Waals surface area contributed by atoms with Crippen molar-refractivity contribution in [1.29, 1.82) is 0 Å². The molecule has 0 spiro atoms. The molecule has 2 aromatic rings. The first kappa shape index (κ1) is 13.8. The Bertz CT molecular complexity index is 692. The minimum atomic E-state index is -0.814. The number of hydrogen-bond donors (Lipinski definition) is 1. The molecule has 5 heteroatoms. The van der Waals surface area contributed by atoms with Crippen molar-refractivity contribution >= 4 is 29.0 Å². The number of nitrogens with zero attached hydrogens (tertiary/aromatic N) is 1. The molecule has 0 radical (unpaired) electrons. The van der Waals surface area contributed by atoms with Crippen LogP contribution in [0.4, 0.5) is 5.69 Å². The quantitative estimate of drug-likeness (QED) is 0.948. The smallest absolute Gasteiger partial charge is 0.235 e. The van der Waals surface area contributed by atoms with E-state index in [1.807, 2.05) is 6.07 Å². The highest BCUT2D eigenvalue weighted by Crippen LogP contribution is 2.42. The number of halogens is 1. The third kappa shape index (κ3) is 2.54. The van der Waals surface area contributed by atoms with E-state index >= 15 is 0 Å². The number of aromatic nitrogens is 1. The lowest BCUT2D eigenvalue weighted by molar-refractivity contribution is -0.138. The molecule has 1 aromatic carbocycles.